The zero-order valence-corrected chi connectivity index (χ0v) is 21.8. The van der Waals surface area contributed by atoms with E-state index in [9.17, 15) is 19.2 Å². The summed E-state index contributed by atoms with van der Waals surface area (Å²) in [4.78, 5) is 50.9. The molecule has 8 nitrogen and oxygen atoms in total. The van der Waals surface area contributed by atoms with E-state index in [0.717, 1.165) is 27.9 Å². The van der Waals surface area contributed by atoms with E-state index in [4.69, 9.17) is 4.74 Å². The number of hydrogen-bond donors (Lipinski definition) is 2. The van der Waals surface area contributed by atoms with Crippen LogP contribution in [0.4, 0.5) is 16.2 Å². The molecule has 3 aromatic carbocycles. The number of ether oxygens (including phenoxy) is 1. The molecule has 0 spiro atoms. The number of benzene rings is 3. The lowest BCUT2D eigenvalue weighted by atomic mass is 10.0. The molecule has 4 rings (SSSR count). The van der Waals surface area contributed by atoms with Crippen molar-refractivity contribution in [3.63, 3.8) is 0 Å². The Labute approximate surface area is 225 Å². The van der Waals surface area contributed by atoms with Gasteiger partial charge in [0.2, 0.25) is 5.91 Å². The Bertz CT molecular complexity index is 1370. The van der Waals surface area contributed by atoms with E-state index in [1.165, 1.54) is 0 Å². The van der Waals surface area contributed by atoms with E-state index in [-0.39, 0.29) is 29.9 Å². The van der Waals surface area contributed by atoms with Crippen LogP contribution in [0, 0.1) is 0 Å². The number of hydrogen-bond acceptors (Lipinski definition) is 6. The summed E-state index contributed by atoms with van der Waals surface area (Å²) in [5.41, 5.74) is 3.07. The first-order valence-corrected chi connectivity index (χ1v) is 12.8. The Balaban J connectivity index is 1.31. The van der Waals surface area contributed by atoms with E-state index in [1.54, 1.807) is 54.6 Å². The maximum absolute atomic E-state index is 12.7. The third-order valence-electron chi connectivity index (χ3n) is 5.64. The third kappa shape index (κ3) is 6.89. The van der Waals surface area contributed by atoms with E-state index in [1.807, 2.05) is 30.3 Å². The molecular weight excluding hydrogens is 502 g/mol. The molecule has 0 aliphatic carbocycles. The number of nitrogens with one attached hydrogen (secondary N) is 2. The van der Waals surface area contributed by atoms with Gasteiger partial charge in [-0.1, -0.05) is 62.4 Å². The average molecular weight is 530 g/mol. The molecule has 0 saturated carbocycles. The van der Waals surface area contributed by atoms with E-state index >= 15 is 0 Å². The highest BCUT2D eigenvalue weighted by Crippen LogP contribution is 2.32. The summed E-state index contributed by atoms with van der Waals surface area (Å²) in [6, 6.07) is 23.3. The molecule has 3 aromatic rings. The molecule has 1 saturated heterocycles. The lowest BCUT2D eigenvalue weighted by Gasteiger charge is -2.14. The van der Waals surface area contributed by atoms with Gasteiger partial charge in [-0.2, -0.15) is 0 Å². The van der Waals surface area contributed by atoms with Crippen molar-refractivity contribution in [2.45, 2.75) is 19.8 Å². The Morgan fingerprint density at radius 1 is 0.895 bits per heavy atom. The van der Waals surface area contributed by atoms with Crippen LogP contribution in [0.25, 0.3) is 6.08 Å². The van der Waals surface area contributed by atoms with Crippen LogP contribution in [0.1, 0.15) is 30.9 Å². The molecule has 2 N–H and O–H groups in total. The van der Waals surface area contributed by atoms with Crippen LogP contribution in [0.5, 0.6) is 5.75 Å². The van der Waals surface area contributed by atoms with E-state index < -0.39 is 17.1 Å². The van der Waals surface area contributed by atoms with Crippen LogP contribution in [0.3, 0.4) is 0 Å². The molecule has 194 valence electrons. The van der Waals surface area contributed by atoms with Crippen molar-refractivity contribution < 1.29 is 23.9 Å². The van der Waals surface area contributed by atoms with Gasteiger partial charge in [0.25, 0.3) is 17.1 Å². The third-order valence-corrected chi connectivity index (χ3v) is 6.54. The van der Waals surface area contributed by atoms with Crippen molar-refractivity contribution in [2.24, 2.45) is 0 Å². The van der Waals surface area contributed by atoms with Gasteiger partial charge in [0, 0.05) is 11.4 Å². The van der Waals surface area contributed by atoms with Crippen molar-refractivity contribution in [1.29, 1.82) is 0 Å². The topological polar surface area (TPSA) is 105 Å². The van der Waals surface area contributed by atoms with Gasteiger partial charge in [-0.05, 0) is 65.2 Å². The van der Waals surface area contributed by atoms with Gasteiger partial charge in [0.15, 0.2) is 6.61 Å². The molecule has 4 amide bonds. The SMILES string of the molecule is CC(C)c1ccccc1NC(=O)COc1ccc(/C=C2/SC(=O)N(CC(=O)Nc3ccccc3)C2=O)cc1. The minimum absolute atomic E-state index is 0.157. The molecule has 1 aliphatic rings. The standard InChI is InChI=1S/C29H27N3O5S/c1-19(2)23-10-6-7-11-24(23)31-27(34)18-37-22-14-12-20(13-15-22)16-25-28(35)32(29(36)38-25)17-26(33)30-21-8-4-3-5-9-21/h3-16,19H,17-18H2,1-2H3,(H,30,33)(H,31,34)/b25-16+. The largest absolute Gasteiger partial charge is 0.484 e. The lowest BCUT2D eigenvalue weighted by molar-refractivity contribution is -0.127. The van der Waals surface area contributed by atoms with Crippen molar-refractivity contribution in [3.8, 4) is 5.75 Å². The molecule has 0 bridgehead atoms. The van der Waals surface area contributed by atoms with Gasteiger partial charge in [0.1, 0.15) is 12.3 Å². The van der Waals surface area contributed by atoms with Crippen molar-refractivity contribution in [3.05, 3.63) is 94.9 Å². The van der Waals surface area contributed by atoms with Crippen LogP contribution in [-0.2, 0) is 14.4 Å². The summed E-state index contributed by atoms with van der Waals surface area (Å²) in [7, 11) is 0. The normalized spacial score (nSPS) is 14.2. The summed E-state index contributed by atoms with van der Waals surface area (Å²) in [5, 5.41) is 5.04. The second-order valence-electron chi connectivity index (χ2n) is 8.83. The van der Waals surface area contributed by atoms with Crippen LogP contribution < -0.4 is 15.4 Å². The minimum Gasteiger partial charge on any atom is -0.484 e. The van der Waals surface area contributed by atoms with E-state index in [2.05, 4.69) is 24.5 Å². The highest BCUT2D eigenvalue weighted by Gasteiger charge is 2.36. The van der Waals surface area contributed by atoms with Gasteiger partial charge < -0.3 is 15.4 Å². The Morgan fingerprint density at radius 2 is 1.58 bits per heavy atom. The summed E-state index contributed by atoms with van der Waals surface area (Å²) >= 11 is 0.782. The molecule has 1 fully saturated rings. The predicted molar refractivity (Wildman–Crippen MR) is 149 cm³/mol. The molecule has 9 heteroatoms. The predicted octanol–water partition coefficient (Wildman–Crippen LogP) is 5.50. The molecule has 0 radical (unpaired) electrons. The Morgan fingerprint density at radius 3 is 2.29 bits per heavy atom. The van der Waals surface area contributed by atoms with Crippen LogP contribution in [0.2, 0.25) is 0 Å². The number of imide groups is 1. The highest BCUT2D eigenvalue weighted by molar-refractivity contribution is 8.18. The molecule has 0 unspecified atom stereocenters. The smallest absolute Gasteiger partial charge is 0.294 e. The van der Waals surface area contributed by atoms with Crippen LogP contribution in [0.15, 0.2) is 83.8 Å². The number of carbonyl (C=O) groups is 4. The number of nitrogens with zero attached hydrogens (tertiary/aromatic N) is 1. The molecule has 0 aromatic heterocycles. The average Bonchev–Trinajstić information content (AvgIpc) is 3.16. The maximum atomic E-state index is 12.7. The zero-order chi connectivity index (χ0) is 27.1. The van der Waals surface area contributed by atoms with Crippen LogP contribution >= 0.6 is 11.8 Å². The van der Waals surface area contributed by atoms with Gasteiger partial charge in [0.05, 0.1) is 4.91 Å². The zero-order valence-electron chi connectivity index (χ0n) is 21.0. The lowest BCUT2D eigenvalue weighted by Crippen LogP contribution is -2.36. The summed E-state index contributed by atoms with van der Waals surface area (Å²) in [5.74, 6) is -0.500. The van der Waals surface area contributed by atoms with Crippen molar-refractivity contribution >= 4 is 52.2 Å². The molecule has 1 heterocycles. The Hall–Kier alpha value is -4.37. The van der Waals surface area contributed by atoms with Gasteiger partial charge in [-0.25, -0.2) is 0 Å². The highest BCUT2D eigenvalue weighted by atomic mass is 32.2. The fraction of sp³-hybridized carbons (Fsp3) is 0.172. The quantitative estimate of drug-likeness (QED) is 0.355. The fourth-order valence-corrected chi connectivity index (χ4v) is 4.60. The number of rotatable bonds is 9. The molecular formula is C29H27N3O5S. The Kier molecular flexibility index (Phi) is 8.60. The van der Waals surface area contributed by atoms with Crippen LogP contribution in [-0.4, -0.2) is 41.0 Å². The molecule has 1 aliphatic heterocycles. The number of thioether (sulfide) groups is 1. The van der Waals surface area contributed by atoms with Gasteiger partial charge in [-0.15, -0.1) is 0 Å². The van der Waals surface area contributed by atoms with Crippen molar-refractivity contribution in [1.82, 2.24) is 4.90 Å². The molecule has 38 heavy (non-hydrogen) atoms. The van der Waals surface area contributed by atoms with Crippen molar-refractivity contribution in [2.75, 3.05) is 23.8 Å². The number of anilines is 2. The number of amides is 4. The minimum atomic E-state index is -0.526. The first-order valence-electron chi connectivity index (χ1n) is 12.0. The summed E-state index contributed by atoms with van der Waals surface area (Å²) < 4.78 is 5.60. The molecule has 0 atom stereocenters. The number of para-hydroxylation sites is 2. The van der Waals surface area contributed by atoms with Gasteiger partial charge in [-0.3, -0.25) is 24.1 Å². The van der Waals surface area contributed by atoms with Gasteiger partial charge >= 0.3 is 0 Å². The first kappa shape index (κ1) is 26.7. The monoisotopic (exact) mass is 529 g/mol. The number of carbonyl (C=O) groups excluding carboxylic acids is 4. The second kappa shape index (κ2) is 12.2. The summed E-state index contributed by atoms with van der Waals surface area (Å²) in [6.45, 7) is 3.60. The maximum Gasteiger partial charge on any atom is 0.294 e. The summed E-state index contributed by atoms with van der Waals surface area (Å²) in [6.07, 6.45) is 1.58. The fourth-order valence-electron chi connectivity index (χ4n) is 3.76. The first-order chi connectivity index (χ1) is 18.3. The second-order valence-corrected chi connectivity index (χ2v) is 9.82. The van der Waals surface area contributed by atoms with E-state index in [0.29, 0.717) is 17.0 Å².